The number of hydrogen-bond donors (Lipinski definition) is 1. The van der Waals surface area contributed by atoms with Crippen molar-refractivity contribution in [3.05, 3.63) is 35.6 Å². The number of benzene rings is 1. The molecule has 0 unspecified atom stereocenters. The minimum Gasteiger partial charge on any atom is -0.386 e. The van der Waals surface area contributed by atoms with Crippen LogP contribution in [0.2, 0.25) is 0 Å². The van der Waals surface area contributed by atoms with Crippen LogP contribution in [0.5, 0.6) is 0 Å². The molecular formula is C15H11FN4OS. The molecule has 1 aliphatic carbocycles. The predicted molar refractivity (Wildman–Crippen MR) is 78.0 cm³/mol. The van der Waals surface area contributed by atoms with Crippen molar-refractivity contribution >= 4 is 17.6 Å². The van der Waals surface area contributed by atoms with Crippen LogP contribution in [0.4, 0.5) is 4.39 Å². The first-order valence-corrected chi connectivity index (χ1v) is 7.78. The smallest absolute Gasteiger partial charge is 0.230 e. The van der Waals surface area contributed by atoms with E-state index in [4.69, 9.17) is 10.5 Å². The number of thioether (sulfide) groups is 1. The molecule has 22 heavy (non-hydrogen) atoms. The number of ether oxygens (including phenoxy) is 1. The Bertz CT molecular complexity index is 774. The van der Waals surface area contributed by atoms with Crippen LogP contribution in [0.25, 0.3) is 0 Å². The summed E-state index contributed by atoms with van der Waals surface area (Å²) in [6, 6.07) is 10.3. The van der Waals surface area contributed by atoms with Gasteiger partial charge in [-0.2, -0.15) is 10.5 Å². The zero-order chi connectivity index (χ0) is 15.6. The van der Waals surface area contributed by atoms with Crippen molar-refractivity contribution in [3.63, 3.8) is 0 Å². The first-order chi connectivity index (χ1) is 10.6. The van der Waals surface area contributed by atoms with Gasteiger partial charge in [-0.1, -0.05) is 23.9 Å². The van der Waals surface area contributed by atoms with Crippen molar-refractivity contribution in [2.24, 2.45) is 21.6 Å². The fraction of sp³-hybridized carbons (Fsp3) is 0.400. The van der Waals surface area contributed by atoms with E-state index in [9.17, 15) is 14.9 Å². The van der Waals surface area contributed by atoms with Gasteiger partial charge < -0.3 is 10.5 Å². The van der Waals surface area contributed by atoms with Crippen molar-refractivity contribution in [2.75, 3.05) is 12.4 Å². The maximum Gasteiger partial charge on any atom is 0.230 e. The molecule has 0 radical (unpaired) electrons. The maximum absolute atomic E-state index is 13.2. The molecule has 0 amide bonds. The summed E-state index contributed by atoms with van der Waals surface area (Å²) in [6.07, 6.45) is 0. The van der Waals surface area contributed by atoms with Gasteiger partial charge >= 0.3 is 0 Å². The number of halogens is 1. The SMILES string of the molecule is N#C[C@@]12[C@@H](c3ccc(F)cc3)[C@]1(C#N)C(N)=N[C@@]21OCCS1. The van der Waals surface area contributed by atoms with Gasteiger partial charge in [0, 0.05) is 11.7 Å². The lowest BCUT2D eigenvalue weighted by molar-refractivity contribution is 0.0200. The Morgan fingerprint density at radius 3 is 2.59 bits per heavy atom. The minimum absolute atomic E-state index is 0.139. The first kappa shape index (κ1) is 13.6. The Labute approximate surface area is 130 Å². The van der Waals surface area contributed by atoms with Gasteiger partial charge in [0.25, 0.3) is 0 Å². The summed E-state index contributed by atoms with van der Waals surface area (Å²) in [5.41, 5.74) is 4.40. The van der Waals surface area contributed by atoms with Gasteiger partial charge in [-0.3, -0.25) is 0 Å². The standard InChI is InChI=1S/C15H11FN4OS/c16-10-3-1-9(2-4-10)11-13(7-17)12(19)20-15(14(11,13)8-18)21-5-6-22-15/h1-4,11H,5-6H2,(H2,19,20)/t11-,13+,14+,15+/m0/s1. The van der Waals surface area contributed by atoms with E-state index in [1.165, 1.54) is 23.9 Å². The van der Waals surface area contributed by atoms with Gasteiger partial charge in [-0.15, -0.1) is 0 Å². The van der Waals surface area contributed by atoms with Crippen LogP contribution in [-0.4, -0.2) is 23.3 Å². The van der Waals surface area contributed by atoms with Crippen LogP contribution in [0.1, 0.15) is 11.5 Å². The van der Waals surface area contributed by atoms with Gasteiger partial charge in [-0.25, -0.2) is 9.38 Å². The van der Waals surface area contributed by atoms with Gasteiger partial charge in [0.2, 0.25) is 5.06 Å². The van der Waals surface area contributed by atoms with Crippen molar-refractivity contribution < 1.29 is 9.13 Å². The Morgan fingerprint density at radius 1 is 1.32 bits per heavy atom. The van der Waals surface area contributed by atoms with Crippen LogP contribution in [-0.2, 0) is 4.74 Å². The molecule has 1 saturated carbocycles. The quantitative estimate of drug-likeness (QED) is 0.851. The van der Waals surface area contributed by atoms with E-state index in [1.54, 1.807) is 12.1 Å². The summed E-state index contributed by atoms with van der Waals surface area (Å²) in [6.45, 7) is 0.461. The third-order valence-electron chi connectivity index (χ3n) is 4.81. The summed E-state index contributed by atoms with van der Waals surface area (Å²) < 4.78 is 18.9. The molecule has 5 nitrogen and oxygen atoms in total. The molecular weight excluding hydrogens is 303 g/mol. The lowest BCUT2D eigenvalue weighted by Gasteiger charge is -2.26. The molecule has 4 atom stereocenters. The Hall–Kier alpha value is -2.09. The van der Waals surface area contributed by atoms with E-state index < -0.39 is 21.8 Å². The third kappa shape index (κ3) is 1.18. The topological polar surface area (TPSA) is 95.2 Å². The van der Waals surface area contributed by atoms with E-state index in [2.05, 4.69) is 17.1 Å². The zero-order valence-electron chi connectivity index (χ0n) is 11.4. The highest BCUT2D eigenvalue weighted by atomic mass is 32.2. The summed E-state index contributed by atoms with van der Waals surface area (Å²) in [5.74, 6) is 0.00565. The molecule has 2 heterocycles. The van der Waals surface area contributed by atoms with Crippen LogP contribution in [0.3, 0.4) is 0 Å². The second-order valence-corrected chi connectivity index (χ2v) is 6.85. The van der Waals surface area contributed by atoms with E-state index in [0.717, 1.165) is 0 Å². The van der Waals surface area contributed by atoms with Crippen molar-refractivity contribution in [1.29, 1.82) is 10.5 Å². The molecule has 1 aromatic rings. The normalized spacial score (nSPS) is 41.6. The first-order valence-electron chi connectivity index (χ1n) is 6.80. The fourth-order valence-corrected chi connectivity index (χ4v) is 5.20. The molecule has 0 aromatic heterocycles. The lowest BCUT2D eigenvalue weighted by Crippen LogP contribution is -2.34. The largest absolute Gasteiger partial charge is 0.386 e. The monoisotopic (exact) mass is 314 g/mol. The third-order valence-corrected chi connectivity index (χ3v) is 6.10. The predicted octanol–water partition coefficient (Wildman–Crippen LogP) is 1.73. The van der Waals surface area contributed by atoms with Crippen LogP contribution < -0.4 is 5.73 Å². The van der Waals surface area contributed by atoms with Crippen molar-refractivity contribution in [1.82, 2.24) is 0 Å². The van der Waals surface area contributed by atoms with Gasteiger partial charge in [0.15, 0.2) is 5.41 Å². The van der Waals surface area contributed by atoms with Gasteiger partial charge in [0.05, 0.1) is 18.7 Å². The lowest BCUT2D eigenvalue weighted by atomic mass is 9.95. The van der Waals surface area contributed by atoms with E-state index >= 15 is 0 Å². The van der Waals surface area contributed by atoms with E-state index in [-0.39, 0.29) is 11.7 Å². The number of nitriles is 2. The second kappa shape index (κ2) is 4.01. The van der Waals surface area contributed by atoms with Gasteiger partial charge in [0.1, 0.15) is 17.1 Å². The molecule has 4 rings (SSSR count). The Balaban J connectivity index is 1.92. The number of fused-ring (bicyclic) bond motifs is 2. The Kier molecular flexibility index (Phi) is 2.47. The zero-order valence-corrected chi connectivity index (χ0v) is 12.2. The highest BCUT2D eigenvalue weighted by Crippen LogP contribution is 2.84. The number of rotatable bonds is 1. The summed E-state index contributed by atoms with van der Waals surface area (Å²) in [5, 5.41) is 18.5. The van der Waals surface area contributed by atoms with Gasteiger partial charge in [-0.05, 0) is 17.7 Å². The van der Waals surface area contributed by atoms with Crippen molar-refractivity contribution in [3.8, 4) is 12.1 Å². The summed E-state index contributed by atoms with van der Waals surface area (Å²) in [7, 11) is 0. The van der Waals surface area contributed by atoms with Crippen molar-refractivity contribution in [2.45, 2.75) is 11.0 Å². The number of nitrogens with zero attached hydrogens (tertiary/aromatic N) is 3. The highest BCUT2D eigenvalue weighted by molar-refractivity contribution is 8.00. The second-order valence-electron chi connectivity index (χ2n) is 5.60. The number of amidine groups is 1. The van der Waals surface area contributed by atoms with Crippen LogP contribution in [0.15, 0.2) is 29.3 Å². The molecule has 1 saturated heterocycles. The number of nitrogens with two attached hydrogens (primary N) is 1. The molecule has 2 fully saturated rings. The molecule has 2 N–H and O–H groups in total. The number of hydrogen-bond acceptors (Lipinski definition) is 6. The van der Waals surface area contributed by atoms with Crippen LogP contribution in [0, 0.1) is 39.3 Å². The highest BCUT2D eigenvalue weighted by Gasteiger charge is 2.93. The average Bonchev–Trinajstić information content (AvgIpc) is 2.77. The molecule has 2 aliphatic heterocycles. The fourth-order valence-electron chi connectivity index (χ4n) is 3.87. The molecule has 1 spiro atoms. The average molecular weight is 314 g/mol. The molecule has 3 aliphatic rings. The van der Waals surface area contributed by atoms with E-state index in [0.29, 0.717) is 17.9 Å². The van der Waals surface area contributed by atoms with Crippen LogP contribution >= 0.6 is 11.8 Å². The maximum atomic E-state index is 13.2. The van der Waals surface area contributed by atoms with E-state index in [1.807, 2.05) is 0 Å². The molecule has 1 aromatic carbocycles. The molecule has 7 heteroatoms. The summed E-state index contributed by atoms with van der Waals surface area (Å²) >= 11 is 1.41. The molecule has 110 valence electrons. The summed E-state index contributed by atoms with van der Waals surface area (Å²) in [4.78, 5) is 4.35. The number of aliphatic imine (C=N–C) groups is 1. The minimum atomic E-state index is -1.20. The Morgan fingerprint density at radius 2 is 2.05 bits per heavy atom. The molecule has 0 bridgehead atoms.